The summed E-state index contributed by atoms with van der Waals surface area (Å²) in [5, 5.41) is 0. The van der Waals surface area contributed by atoms with Crippen LogP contribution in [0.1, 0.15) is 45.5 Å². The van der Waals surface area contributed by atoms with Gasteiger partial charge in [0.25, 0.3) is 0 Å². The van der Waals surface area contributed by atoms with Gasteiger partial charge in [0.2, 0.25) is 0 Å². The Kier molecular flexibility index (Phi) is 8.53. The van der Waals surface area contributed by atoms with E-state index >= 15 is 0 Å². The van der Waals surface area contributed by atoms with Crippen molar-refractivity contribution in [1.29, 1.82) is 0 Å². The first-order valence-electron chi connectivity index (χ1n) is 14.3. The lowest BCUT2D eigenvalue weighted by atomic mass is 9.94. The molecule has 202 valence electrons. The van der Waals surface area contributed by atoms with Crippen molar-refractivity contribution in [3.05, 3.63) is 215 Å². The fourth-order valence-electron chi connectivity index (χ4n) is 5.22. The summed E-state index contributed by atoms with van der Waals surface area (Å²) in [4.78, 5) is 11.2. The Morgan fingerprint density at radius 2 is 0.500 bits per heavy atom. The molecule has 0 aliphatic carbocycles. The first kappa shape index (κ1) is 26.9. The lowest BCUT2D eigenvalue weighted by molar-refractivity contribution is 0.866. The van der Waals surface area contributed by atoms with Crippen molar-refractivity contribution in [3.8, 4) is 0 Å². The summed E-state index contributed by atoms with van der Waals surface area (Å²) in [6, 6.07) is 62.5. The molecule has 0 amide bonds. The molecule has 0 aliphatic heterocycles. The lowest BCUT2D eigenvalue weighted by Crippen LogP contribution is -2.21. The molecular weight excluding hydrogens is 508 g/mol. The topological polar surface area (TPSA) is 24.7 Å². The summed E-state index contributed by atoms with van der Waals surface area (Å²) in [6.45, 7) is 0. The molecule has 0 bridgehead atoms. The van der Waals surface area contributed by atoms with Crippen LogP contribution in [0.5, 0.6) is 0 Å². The highest BCUT2D eigenvalue weighted by molar-refractivity contribution is 6.53. The molecule has 2 nitrogen and oxygen atoms in total. The molecule has 0 atom stereocenters. The van der Waals surface area contributed by atoms with Crippen molar-refractivity contribution in [2.75, 3.05) is 0 Å². The summed E-state index contributed by atoms with van der Waals surface area (Å²) < 4.78 is 0. The van der Waals surface area contributed by atoms with Crippen LogP contribution in [0.2, 0.25) is 0 Å². The minimum atomic E-state index is -0.205. The molecule has 0 saturated carbocycles. The van der Waals surface area contributed by atoms with E-state index in [2.05, 4.69) is 170 Å². The van der Waals surface area contributed by atoms with Crippen molar-refractivity contribution in [1.82, 2.24) is 0 Å². The van der Waals surface area contributed by atoms with E-state index in [4.69, 9.17) is 9.98 Å². The summed E-state index contributed by atoms with van der Waals surface area (Å²) in [7, 11) is 0. The van der Waals surface area contributed by atoms with Crippen LogP contribution in [-0.2, 0) is 0 Å². The molecule has 0 N–H and O–H groups in total. The fraction of sp³-hybridized carbons (Fsp3) is 0.0500. The van der Waals surface area contributed by atoms with E-state index in [9.17, 15) is 0 Å². The molecule has 0 radical (unpaired) electrons. The first-order chi connectivity index (χ1) is 20.9. The molecule has 2 heteroatoms. The van der Waals surface area contributed by atoms with Gasteiger partial charge in [-0.15, -0.1) is 0 Å². The average molecular weight is 541 g/mol. The largest absolute Gasteiger partial charge is 0.270 e. The quantitative estimate of drug-likeness (QED) is 0.163. The van der Waals surface area contributed by atoms with Gasteiger partial charge in [-0.25, -0.2) is 0 Å². The predicted molar refractivity (Wildman–Crippen MR) is 175 cm³/mol. The number of nitrogens with zero attached hydrogens (tertiary/aromatic N) is 2. The van der Waals surface area contributed by atoms with Gasteiger partial charge in [-0.3, -0.25) is 9.98 Å². The van der Waals surface area contributed by atoms with Gasteiger partial charge in [0.15, 0.2) is 0 Å². The molecule has 42 heavy (non-hydrogen) atoms. The number of aliphatic imine (C=N–C) groups is 2. The number of rotatable bonds is 9. The minimum absolute atomic E-state index is 0.205. The molecule has 6 aromatic carbocycles. The van der Waals surface area contributed by atoms with Gasteiger partial charge in [-0.2, -0.15) is 0 Å². The smallest absolute Gasteiger partial charge is 0.101 e. The van der Waals surface area contributed by atoms with Crippen LogP contribution in [0, 0.1) is 0 Å². The van der Waals surface area contributed by atoms with Crippen LogP contribution >= 0.6 is 0 Å². The summed E-state index contributed by atoms with van der Waals surface area (Å²) in [5.74, 6) is 0. The first-order valence-corrected chi connectivity index (χ1v) is 14.3. The van der Waals surface area contributed by atoms with E-state index in [0.717, 1.165) is 44.8 Å². The molecule has 0 unspecified atom stereocenters. The van der Waals surface area contributed by atoms with Crippen molar-refractivity contribution in [2.24, 2.45) is 9.98 Å². The molecule has 0 aliphatic rings. The average Bonchev–Trinajstić information content (AvgIpc) is 3.09. The third kappa shape index (κ3) is 6.35. The molecule has 0 saturated heterocycles. The Morgan fingerprint density at radius 3 is 0.738 bits per heavy atom. The van der Waals surface area contributed by atoms with Crippen LogP contribution in [0.25, 0.3) is 0 Å². The summed E-state index contributed by atoms with van der Waals surface area (Å²) >= 11 is 0. The van der Waals surface area contributed by atoms with Crippen molar-refractivity contribution in [3.63, 3.8) is 0 Å². The van der Waals surface area contributed by atoms with E-state index < -0.39 is 0 Å². The maximum Gasteiger partial charge on any atom is 0.101 e. The second-order valence-electron chi connectivity index (χ2n) is 10.1. The number of hydrogen-bond donors (Lipinski definition) is 0. The van der Waals surface area contributed by atoms with Crippen LogP contribution in [0.15, 0.2) is 192 Å². The lowest BCUT2D eigenvalue weighted by Gasteiger charge is -2.21. The monoisotopic (exact) mass is 540 g/mol. The molecule has 0 spiro atoms. The third-order valence-corrected chi connectivity index (χ3v) is 7.30. The van der Waals surface area contributed by atoms with Crippen LogP contribution in [-0.4, -0.2) is 11.4 Å². The Bertz CT molecular complexity index is 1520. The predicted octanol–water partition coefficient (Wildman–Crippen LogP) is 9.54. The zero-order valence-corrected chi connectivity index (χ0v) is 23.4. The SMILES string of the molecule is c1ccc(C(=NC(c2ccccc2)c2ccccc2)C(=NC(c2ccccc2)c2ccccc2)c2ccccc2)cc1. The Labute approximate surface area is 248 Å². The Hall–Kier alpha value is -5.34. The normalized spacial score (nSPS) is 12.0. The standard InChI is InChI=1S/C40H32N2/c1-7-19-31(20-8-1)37(32-21-9-2-10-22-32)41-39(35-27-15-5-16-28-35)40(36-29-17-6-18-30-36)42-38(33-23-11-3-12-24-33)34-25-13-4-14-26-34/h1-30,37-38H. The summed E-state index contributed by atoms with van der Waals surface area (Å²) in [6.07, 6.45) is 0. The van der Waals surface area contributed by atoms with E-state index in [1.54, 1.807) is 0 Å². The Morgan fingerprint density at radius 1 is 0.286 bits per heavy atom. The second-order valence-corrected chi connectivity index (χ2v) is 10.1. The molecule has 0 heterocycles. The van der Waals surface area contributed by atoms with Crippen LogP contribution < -0.4 is 0 Å². The number of benzene rings is 6. The molecule has 0 aromatic heterocycles. The van der Waals surface area contributed by atoms with E-state index in [1.807, 2.05) is 12.1 Å². The van der Waals surface area contributed by atoms with E-state index in [-0.39, 0.29) is 12.1 Å². The van der Waals surface area contributed by atoms with Crippen molar-refractivity contribution < 1.29 is 0 Å². The van der Waals surface area contributed by atoms with Gasteiger partial charge < -0.3 is 0 Å². The zero-order valence-electron chi connectivity index (χ0n) is 23.4. The summed E-state index contributed by atoms with van der Waals surface area (Å²) in [5.41, 5.74) is 8.29. The molecular formula is C40H32N2. The van der Waals surface area contributed by atoms with E-state index in [0.29, 0.717) is 0 Å². The van der Waals surface area contributed by atoms with Gasteiger partial charge in [0.05, 0.1) is 11.4 Å². The fourth-order valence-corrected chi connectivity index (χ4v) is 5.22. The van der Waals surface area contributed by atoms with Gasteiger partial charge in [0, 0.05) is 11.1 Å². The highest BCUT2D eigenvalue weighted by Gasteiger charge is 2.22. The zero-order chi connectivity index (χ0) is 28.4. The van der Waals surface area contributed by atoms with Gasteiger partial charge in [0.1, 0.15) is 12.1 Å². The van der Waals surface area contributed by atoms with Crippen LogP contribution in [0.3, 0.4) is 0 Å². The van der Waals surface area contributed by atoms with Gasteiger partial charge in [-0.05, 0) is 22.3 Å². The van der Waals surface area contributed by atoms with Crippen LogP contribution in [0.4, 0.5) is 0 Å². The van der Waals surface area contributed by atoms with Crippen molar-refractivity contribution >= 4 is 11.4 Å². The van der Waals surface area contributed by atoms with Gasteiger partial charge in [-0.1, -0.05) is 182 Å². The number of hydrogen-bond acceptors (Lipinski definition) is 2. The third-order valence-electron chi connectivity index (χ3n) is 7.30. The highest BCUT2D eigenvalue weighted by Crippen LogP contribution is 2.30. The minimum Gasteiger partial charge on any atom is -0.270 e. The molecule has 6 rings (SSSR count). The molecule has 6 aromatic rings. The van der Waals surface area contributed by atoms with Crippen molar-refractivity contribution in [2.45, 2.75) is 12.1 Å². The molecule has 0 fully saturated rings. The maximum atomic E-state index is 5.59. The van der Waals surface area contributed by atoms with Gasteiger partial charge >= 0.3 is 0 Å². The highest BCUT2D eigenvalue weighted by atomic mass is 14.9. The maximum absolute atomic E-state index is 5.59. The van der Waals surface area contributed by atoms with E-state index in [1.165, 1.54) is 0 Å². The second kappa shape index (κ2) is 13.3. The Balaban J connectivity index is 1.63.